The Morgan fingerprint density at radius 1 is 1.43 bits per heavy atom. The summed E-state index contributed by atoms with van der Waals surface area (Å²) in [5.74, 6) is 1.59. The highest BCUT2D eigenvalue weighted by molar-refractivity contribution is 6.33. The van der Waals surface area contributed by atoms with Crippen molar-refractivity contribution in [1.29, 1.82) is 0 Å². The summed E-state index contributed by atoms with van der Waals surface area (Å²) in [6.07, 6.45) is 5.36. The van der Waals surface area contributed by atoms with E-state index in [-0.39, 0.29) is 0 Å². The van der Waals surface area contributed by atoms with Gasteiger partial charge in [-0.05, 0) is 43.4 Å². The molecule has 2 rings (SSSR count). The Labute approximate surface area is 132 Å². The molecule has 1 N–H and O–H groups in total. The Hall–Kier alpha value is -0.840. The third kappa shape index (κ3) is 4.83. The fraction of sp³-hybridized carbons (Fsp3) is 0.688. The van der Waals surface area contributed by atoms with E-state index in [9.17, 15) is 0 Å². The lowest BCUT2D eigenvalue weighted by Crippen LogP contribution is -2.35. The van der Waals surface area contributed by atoms with E-state index in [0.29, 0.717) is 5.92 Å². The summed E-state index contributed by atoms with van der Waals surface area (Å²) >= 11 is 6.42. The molecule has 1 fully saturated rings. The minimum absolute atomic E-state index is 0.669. The molecule has 0 radical (unpaired) electrons. The van der Waals surface area contributed by atoms with E-state index in [0.717, 1.165) is 68.5 Å². The van der Waals surface area contributed by atoms with E-state index in [2.05, 4.69) is 22.1 Å². The monoisotopic (exact) mass is 311 g/mol. The van der Waals surface area contributed by atoms with Crippen LogP contribution >= 0.6 is 11.6 Å². The highest BCUT2D eigenvalue weighted by atomic mass is 35.5. The topological polar surface area (TPSA) is 37.4 Å². The molecule has 2 heterocycles. The third-order valence-electron chi connectivity index (χ3n) is 3.95. The van der Waals surface area contributed by atoms with E-state index in [1.165, 1.54) is 0 Å². The quantitative estimate of drug-likeness (QED) is 0.785. The molecule has 1 aliphatic rings. The lowest BCUT2D eigenvalue weighted by molar-refractivity contribution is 0.139. The second-order valence-corrected chi connectivity index (χ2v) is 6.12. The van der Waals surface area contributed by atoms with Crippen LogP contribution in [0.15, 0.2) is 12.3 Å². The summed E-state index contributed by atoms with van der Waals surface area (Å²) in [6, 6.07) is 2.04. The minimum atomic E-state index is 0.669. The SMILES string of the molecule is CCCNCc1cnc(N2CCC(COC)CC2)c(Cl)c1. The van der Waals surface area contributed by atoms with Crippen LogP contribution in [0.5, 0.6) is 0 Å². The number of piperidine rings is 1. The largest absolute Gasteiger partial charge is 0.384 e. The molecule has 0 bridgehead atoms. The van der Waals surface area contributed by atoms with Gasteiger partial charge in [-0.25, -0.2) is 4.98 Å². The Morgan fingerprint density at radius 2 is 2.19 bits per heavy atom. The number of nitrogens with zero attached hydrogens (tertiary/aromatic N) is 2. The number of anilines is 1. The van der Waals surface area contributed by atoms with Gasteiger partial charge in [-0.3, -0.25) is 0 Å². The van der Waals surface area contributed by atoms with Gasteiger partial charge in [0, 0.05) is 39.5 Å². The molecule has 0 spiro atoms. The molecule has 118 valence electrons. The van der Waals surface area contributed by atoms with E-state index in [4.69, 9.17) is 16.3 Å². The van der Waals surface area contributed by atoms with Crippen LogP contribution in [0.4, 0.5) is 5.82 Å². The van der Waals surface area contributed by atoms with Gasteiger partial charge < -0.3 is 15.0 Å². The Bertz CT molecular complexity index is 434. The summed E-state index contributed by atoms with van der Waals surface area (Å²) in [7, 11) is 1.77. The van der Waals surface area contributed by atoms with E-state index < -0.39 is 0 Å². The molecule has 0 unspecified atom stereocenters. The predicted octanol–water partition coefficient (Wildman–Crippen LogP) is 3.10. The highest BCUT2D eigenvalue weighted by Crippen LogP contribution is 2.28. The summed E-state index contributed by atoms with van der Waals surface area (Å²) in [5, 5.41) is 4.13. The van der Waals surface area contributed by atoms with Gasteiger partial charge in [-0.1, -0.05) is 18.5 Å². The average molecular weight is 312 g/mol. The second kappa shape index (κ2) is 8.57. The van der Waals surface area contributed by atoms with Crippen LogP contribution in [-0.2, 0) is 11.3 Å². The number of pyridine rings is 1. The van der Waals surface area contributed by atoms with Crippen LogP contribution in [0.2, 0.25) is 5.02 Å². The maximum Gasteiger partial charge on any atom is 0.147 e. The molecule has 5 heteroatoms. The number of nitrogens with one attached hydrogen (secondary N) is 1. The number of ether oxygens (including phenoxy) is 1. The predicted molar refractivity (Wildman–Crippen MR) is 88.1 cm³/mol. The molecule has 1 aliphatic heterocycles. The zero-order chi connectivity index (χ0) is 15.1. The number of aromatic nitrogens is 1. The molecule has 0 saturated carbocycles. The number of hydrogen-bond donors (Lipinski definition) is 1. The van der Waals surface area contributed by atoms with Crippen molar-refractivity contribution in [2.45, 2.75) is 32.7 Å². The first kappa shape index (κ1) is 16.5. The van der Waals surface area contributed by atoms with Crippen molar-refractivity contribution in [3.8, 4) is 0 Å². The van der Waals surface area contributed by atoms with Crippen molar-refractivity contribution in [2.75, 3.05) is 38.3 Å². The summed E-state index contributed by atoms with van der Waals surface area (Å²) in [6.45, 7) is 6.89. The first-order chi connectivity index (χ1) is 10.2. The number of methoxy groups -OCH3 is 1. The van der Waals surface area contributed by atoms with Gasteiger partial charge >= 0.3 is 0 Å². The fourth-order valence-corrected chi connectivity index (χ4v) is 3.06. The zero-order valence-corrected chi connectivity index (χ0v) is 13.8. The first-order valence-corrected chi connectivity index (χ1v) is 8.21. The van der Waals surface area contributed by atoms with Gasteiger partial charge in [-0.15, -0.1) is 0 Å². The molecule has 21 heavy (non-hydrogen) atoms. The number of halogens is 1. The lowest BCUT2D eigenvalue weighted by atomic mass is 9.98. The zero-order valence-electron chi connectivity index (χ0n) is 13.1. The molecule has 0 aliphatic carbocycles. The molecule has 4 nitrogen and oxygen atoms in total. The van der Waals surface area contributed by atoms with Gasteiger partial charge in [0.15, 0.2) is 0 Å². The van der Waals surface area contributed by atoms with Gasteiger partial charge in [0.25, 0.3) is 0 Å². The molecular formula is C16H26ClN3O. The van der Waals surface area contributed by atoms with E-state index >= 15 is 0 Å². The van der Waals surface area contributed by atoms with Crippen LogP contribution in [0.3, 0.4) is 0 Å². The molecule has 1 aromatic rings. The molecule has 1 saturated heterocycles. The van der Waals surface area contributed by atoms with Gasteiger partial charge in [-0.2, -0.15) is 0 Å². The fourth-order valence-electron chi connectivity index (χ4n) is 2.76. The van der Waals surface area contributed by atoms with Crippen molar-refractivity contribution >= 4 is 17.4 Å². The van der Waals surface area contributed by atoms with Gasteiger partial charge in [0.2, 0.25) is 0 Å². The average Bonchev–Trinajstić information content (AvgIpc) is 2.49. The standard InChI is InChI=1S/C16H26ClN3O/c1-3-6-18-10-14-9-15(17)16(19-11-14)20-7-4-13(5-8-20)12-21-2/h9,11,13,18H,3-8,10,12H2,1-2H3. The maximum atomic E-state index is 6.42. The Kier molecular flexibility index (Phi) is 6.74. The smallest absolute Gasteiger partial charge is 0.147 e. The third-order valence-corrected chi connectivity index (χ3v) is 4.23. The minimum Gasteiger partial charge on any atom is -0.384 e. The van der Waals surface area contributed by atoms with Crippen molar-refractivity contribution < 1.29 is 4.74 Å². The van der Waals surface area contributed by atoms with Gasteiger partial charge in [0.05, 0.1) is 5.02 Å². The van der Waals surface area contributed by atoms with E-state index in [1.807, 2.05) is 12.3 Å². The van der Waals surface area contributed by atoms with Gasteiger partial charge in [0.1, 0.15) is 5.82 Å². The highest BCUT2D eigenvalue weighted by Gasteiger charge is 2.21. The number of rotatable bonds is 7. The van der Waals surface area contributed by atoms with Crippen LogP contribution in [-0.4, -0.2) is 38.3 Å². The van der Waals surface area contributed by atoms with Crippen molar-refractivity contribution in [1.82, 2.24) is 10.3 Å². The summed E-state index contributed by atoms with van der Waals surface area (Å²) < 4.78 is 5.24. The van der Waals surface area contributed by atoms with Crippen LogP contribution < -0.4 is 10.2 Å². The molecule has 0 amide bonds. The Balaban J connectivity index is 1.92. The normalized spacial score (nSPS) is 16.4. The molecule has 0 atom stereocenters. The van der Waals surface area contributed by atoms with Crippen molar-refractivity contribution in [3.63, 3.8) is 0 Å². The van der Waals surface area contributed by atoms with Crippen LogP contribution in [0.1, 0.15) is 31.7 Å². The van der Waals surface area contributed by atoms with Crippen molar-refractivity contribution in [3.05, 3.63) is 22.8 Å². The Morgan fingerprint density at radius 3 is 2.81 bits per heavy atom. The lowest BCUT2D eigenvalue weighted by Gasteiger charge is -2.33. The molecule has 0 aromatic carbocycles. The van der Waals surface area contributed by atoms with E-state index in [1.54, 1.807) is 7.11 Å². The first-order valence-electron chi connectivity index (χ1n) is 7.83. The maximum absolute atomic E-state index is 6.42. The van der Waals surface area contributed by atoms with Crippen LogP contribution in [0.25, 0.3) is 0 Å². The molecular weight excluding hydrogens is 286 g/mol. The number of hydrogen-bond acceptors (Lipinski definition) is 4. The second-order valence-electron chi connectivity index (χ2n) is 5.71. The molecule has 1 aromatic heterocycles. The summed E-state index contributed by atoms with van der Waals surface area (Å²) in [5.41, 5.74) is 1.14. The summed E-state index contributed by atoms with van der Waals surface area (Å²) in [4.78, 5) is 6.86. The van der Waals surface area contributed by atoms with Crippen LogP contribution in [0, 0.1) is 5.92 Å². The van der Waals surface area contributed by atoms with Crippen molar-refractivity contribution in [2.24, 2.45) is 5.92 Å².